The number of ether oxygens (including phenoxy) is 2. The molecule has 0 saturated carbocycles. The molecule has 8 nitrogen and oxygen atoms in total. The number of amides is 1. The lowest BCUT2D eigenvalue weighted by Gasteiger charge is -2.50. The number of nitrogens with zero attached hydrogens (tertiary/aromatic N) is 1. The standard InChI is InChI=1S/C24H26N2O6/c1-23(2,3)32-21(29)24(25)13-26(19(24)20(27)28)22(30)31-12-18-16-10-6-4-8-14(16)15-9-5-7-11-17(15)18/h4-11,18-19H,12-13,25H2,1-3H3,(H,27,28). The second kappa shape index (κ2) is 7.63. The highest BCUT2D eigenvalue weighted by atomic mass is 16.6. The highest BCUT2D eigenvalue weighted by molar-refractivity contribution is 5.96. The summed E-state index contributed by atoms with van der Waals surface area (Å²) in [7, 11) is 0. The number of esters is 1. The fraction of sp³-hybridized carbons (Fsp3) is 0.375. The number of nitrogens with two attached hydrogens (primary N) is 1. The largest absolute Gasteiger partial charge is 0.480 e. The molecule has 2 unspecified atom stereocenters. The van der Waals surface area contributed by atoms with E-state index in [2.05, 4.69) is 0 Å². The second-order valence-corrected chi connectivity index (χ2v) is 9.21. The molecule has 3 N–H and O–H groups in total. The van der Waals surface area contributed by atoms with Gasteiger partial charge in [0.05, 0.1) is 6.54 Å². The van der Waals surface area contributed by atoms with Crippen LogP contribution in [-0.4, -0.2) is 58.4 Å². The smallest absolute Gasteiger partial charge is 0.410 e. The normalized spacial score (nSPS) is 21.9. The Labute approximate surface area is 185 Å². The lowest BCUT2D eigenvalue weighted by molar-refractivity contribution is -0.180. The van der Waals surface area contributed by atoms with E-state index in [4.69, 9.17) is 15.2 Å². The van der Waals surface area contributed by atoms with Crippen LogP contribution in [-0.2, 0) is 19.1 Å². The molecule has 168 valence electrons. The number of fused-ring (bicyclic) bond motifs is 3. The lowest BCUT2D eigenvalue weighted by atomic mass is 9.80. The molecule has 2 aromatic carbocycles. The zero-order valence-corrected chi connectivity index (χ0v) is 18.2. The van der Waals surface area contributed by atoms with Gasteiger partial charge in [0.1, 0.15) is 12.2 Å². The van der Waals surface area contributed by atoms with E-state index in [0.29, 0.717) is 0 Å². The zero-order valence-electron chi connectivity index (χ0n) is 18.2. The van der Waals surface area contributed by atoms with Crippen molar-refractivity contribution < 1.29 is 29.0 Å². The minimum absolute atomic E-state index is 0.0414. The van der Waals surface area contributed by atoms with Gasteiger partial charge < -0.3 is 20.3 Å². The van der Waals surface area contributed by atoms with E-state index in [9.17, 15) is 19.5 Å². The van der Waals surface area contributed by atoms with E-state index in [-0.39, 0.29) is 19.1 Å². The highest BCUT2D eigenvalue weighted by Crippen LogP contribution is 2.44. The van der Waals surface area contributed by atoms with Gasteiger partial charge in [-0.1, -0.05) is 48.5 Å². The minimum Gasteiger partial charge on any atom is -0.480 e. The van der Waals surface area contributed by atoms with Gasteiger partial charge in [0.2, 0.25) is 0 Å². The first-order valence-electron chi connectivity index (χ1n) is 10.4. The van der Waals surface area contributed by atoms with Crippen molar-refractivity contribution in [1.29, 1.82) is 0 Å². The summed E-state index contributed by atoms with van der Waals surface area (Å²) in [6.45, 7) is 4.72. The number of carboxylic acid groups (broad SMARTS) is 1. The summed E-state index contributed by atoms with van der Waals surface area (Å²) >= 11 is 0. The molecule has 2 atom stereocenters. The summed E-state index contributed by atoms with van der Waals surface area (Å²) in [5, 5.41) is 9.64. The van der Waals surface area contributed by atoms with Crippen LogP contribution in [0.3, 0.4) is 0 Å². The number of carboxylic acids is 1. The van der Waals surface area contributed by atoms with E-state index in [1.54, 1.807) is 20.8 Å². The molecule has 4 rings (SSSR count). The number of rotatable bonds is 4. The van der Waals surface area contributed by atoms with Crippen molar-refractivity contribution >= 4 is 18.0 Å². The molecule has 8 heteroatoms. The topological polar surface area (TPSA) is 119 Å². The van der Waals surface area contributed by atoms with Crippen LogP contribution < -0.4 is 5.73 Å². The van der Waals surface area contributed by atoms with Gasteiger partial charge in [0.25, 0.3) is 0 Å². The molecule has 2 aromatic rings. The maximum atomic E-state index is 12.7. The summed E-state index contributed by atoms with van der Waals surface area (Å²) in [4.78, 5) is 38.0. The van der Waals surface area contributed by atoms with Gasteiger partial charge in [-0.3, -0.25) is 4.90 Å². The third-order valence-corrected chi connectivity index (χ3v) is 5.81. The number of benzene rings is 2. The molecule has 32 heavy (non-hydrogen) atoms. The van der Waals surface area contributed by atoms with Crippen molar-refractivity contribution in [2.75, 3.05) is 13.2 Å². The van der Waals surface area contributed by atoms with Crippen molar-refractivity contribution in [2.45, 2.75) is 43.9 Å². The molecule has 0 bridgehead atoms. The van der Waals surface area contributed by atoms with Gasteiger partial charge in [0.15, 0.2) is 11.6 Å². The SMILES string of the molecule is CC(C)(C)OC(=O)C1(N)CN(C(=O)OCC2c3ccccc3-c3ccccc32)C1C(=O)O. The molecule has 0 radical (unpaired) electrons. The van der Waals surface area contributed by atoms with E-state index >= 15 is 0 Å². The Bertz CT molecular complexity index is 1050. The van der Waals surface area contributed by atoms with Crippen LogP contribution >= 0.6 is 0 Å². The van der Waals surface area contributed by atoms with Crippen molar-refractivity contribution in [3.8, 4) is 11.1 Å². The van der Waals surface area contributed by atoms with Gasteiger partial charge in [-0.25, -0.2) is 14.4 Å². The maximum Gasteiger partial charge on any atom is 0.410 e. The number of aliphatic carboxylic acids is 1. The third kappa shape index (κ3) is 3.60. The Morgan fingerprint density at radius 2 is 1.59 bits per heavy atom. The highest BCUT2D eigenvalue weighted by Gasteiger charge is 2.63. The monoisotopic (exact) mass is 438 g/mol. The van der Waals surface area contributed by atoms with Gasteiger partial charge in [-0.05, 0) is 43.0 Å². The van der Waals surface area contributed by atoms with Crippen molar-refractivity contribution in [2.24, 2.45) is 5.73 Å². The van der Waals surface area contributed by atoms with Crippen LogP contribution in [0.4, 0.5) is 4.79 Å². The Hall–Kier alpha value is -3.39. The molecular formula is C24H26N2O6. The molecule has 1 heterocycles. The van der Waals surface area contributed by atoms with Crippen molar-refractivity contribution in [3.05, 3.63) is 59.7 Å². The Kier molecular flexibility index (Phi) is 5.21. The summed E-state index contributed by atoms with van der Waals surface area (Å²) in [5.74, 6) is -2.41. The lowest BCUT2D eigenvalue weighted by Crippen LogP contribution is -2.81. The van der Waals surface area contributed by atoms with E-state index in [1.807, 2.05) is 48.5 Å². The van der Waals surface area contributed by atoms with E-state index in [0.717, 1.165) is 27.2 Å². The number of carbonyl (C=O) groups is 3. The first-order valence-corrected chi connectivity index (χ1v) is 10.4. The molecular weight excluding hydrogens is 412 g/mol. The first-order chi connectivity index (χ1) is 15.0. The maximum absolute atomic E-state index is 12.7. The molecule has 0 spiro atoms. The van der Waals surface area contributed by atoms with Gasteiger partial charge in [-0.2, -0.15) is 0 Å². The molecule has 1 aliphatic heterocycles. The predicted molar refractivity (Wildman–Crippen MR) is 116 cm³/mol. The average Bonchev–Trinajstić information content (AvgIpc) is 3.02. The third-order valence-electron chi connectivity index (χ3n) is 5.81. The Balaban J connectivity index is 1.48. The number of hydrogen-bond acceptors (Lipinski definition) is 6. The second-order valence-electron chi connectivity index (χ2n) is 9.21. The molecule has 1 amide bonds. The van der Waals surface area contributed by atoms with Crippen molar-refractivity contribution in [1.82, 2.24) is 4.90 Å². The summed E-state index contributed by atoms with van der Waals surface area (Å²) < 4.78 is 10.8. The predicted octanol–water partition coefficient (Wildman–Crippen LogP) is 2.74. The van der Waals surface area contributed by atoms with Crippen LogP contribution in [0.1, 0.15) is 37.8 Å². The first kappa shape index (κ1) is 21.8. The van der Waals surface area contributed by atoms with E-state index in [1.165, 1.54) is 0 Å². The Morgan fingerprint density at radius 1 is 1.06 bits per heavy atom. The van der Waals surface area contributed by atoms with Crippen LogP contribution in [0.5, 0.6) is 0 Å². The van der Waals surface area contributed by atoms with Gasteiger partial charge in [-0.15, -0.1) is 0 Å². The minimum atomic E-state index is -1.83. The quantitative estimate of drug-likeness (QED) is 0.705. The summed E-state index contributed by atoms with van der Waals surface area (Å²) in [5.41, 5.74) is 7.66. The molecule has 1 saturated heterocycles. The fourth-order valence-corrected chi connectivity index (χ4v) is 4.38. The Morgan fingerprint density at radius 3 is 2.09 bits per heavy atom. The van der Waals surface area contributed by atoms with Crippen LogP contribution in [0.25, 0.3) is 11.1 Å². The average molecular weight is 438 g/mol. The molecule has 1 fully saturated rings. The fourth-order valence-electron chi connectivity index (χ4n) is 4.38. The van der Waals surface area contributed by atoms with Gasteiger partial charge in [0, 0.05) is 5.92 Å². The number of carbonyl (C=O) groups excluding carboxylic acids is 2. The van der Waals surface area contributed by atoms with E-state index < -0.39 is 35.2 Å². The number of likely N-dealkylation sites (tertiary alicyclic amines) is 1. The van der Waals surface area contributed by atoms with Gasteiger partial charge >= 0.3 is 18.0 Å². The van der Waals surface area contributed by atoms with Crippen LogP contribution in [0.2, 0.25) is 0 Å². The summed E-state index contributed by atoms with van der Waals surface area (Å²) in [6, 6.07) is 14.2. The van der Waals surface area contributed by atoms with Crippen molar-refractivity contribution in [3.63, 3.8) is 0 Å². The molecule has 1 aliphatic carbocycles. The molecule has 2 aliphatic rings. The zero-order chi connectivity index (χ0) is 23.3. The van der Waals surface area contributed by atoms with Crippen LogP contribution in [0, 0.1) is 0 Å². The summed E-state index contributed by atoms with van der Waals surface area (Å²) in [6.07, 6.45) is -0.830. The van der Waals surface area contributed by atoms with Crippen LogP contribution in [0.15, 0.2) is 48.5 Å². The number of hydrogen-bond donors (Lipinski definition) is 2. The molecule has 0 aromatic heterocycles.